The van der Waals surface area contributed by atoms with Gasteiger partial charge in [-0.25, -0.2) is 0 Å². The summed E-state index contributed by atoms with van der Waals surface area (Å²) in [4.78, 5) is 0. The van der Waals surface area contributed by atoms with Gasteiger partial charge in [0.2, 0.25) is 0 Å². The zero-order valence-corrected chi connectivity index (χ0v) is 28.3. The van der Waals surface area contributed by atoms with E-state index in [9.17, 15) is 65.9 Å². The molecule has 0 saturated heterocycles. The maximum Gasteiger partial charge on any atom is 0.418 e. The number of hydrogen-bond acceptors (Lipinski definition) is 2. The van der Waals surface area contributed by atoms with E-state index in [0.29, 0.717) is 42.5 Å². The summed E-state index contributed by atoms with van der Waals surface area (Å²) in [5, 5.41) is 0. The third-order valence-corrected chi connectivity index (χ3v) is 8.93. The van der Waals surface area contributed by atoms with Crippen molar-refractivity contribution in [1.29, 1.82) is 0 Å². The van der Waals surface area contributed by atoms with E-state index in [0.717, 1.165) is 45.0 Å². The SMILES string of the molecule is Cc1cc(C(F)(F)F)c(-c2cc(-c3cc(-c4ccc(N)c(C(F)(F)F)c4)c(C(F)(F)F)cc3C)c(C(F)(F)F)cc2C)cc1-c1ccc(N)c(C(F)(F)F)c1. The molecule has 0 radical (unpaired) electrons. The first-order valence-corrected chi connectivity index (χ1v) is 15.6. The lowest BCUT2D eigenvalue weighted by Gasteiger charge is -2.23. The standard InChI is InChI=1S/C38H25F15N2/c1-16-8-28(35(42,43)44)25(13-21(16)19-4-6-32(54)30(11-19)37(48,49)50)23-15-26(29(10-18(23)3)36(45,46)47)22-14-24(27(9-17(22)2)34(39,40)41)20-5-7-33(55)31(12-20)38(51,52)53/h4-15H,54-55H2,1-3H3. The molecule has 0 aliphatic heterocycles. The summed E-state index contributed by atoms with van der Waals surface area (Å²) in [7, 11) is 0. The number of aryl methyl sites for hydroxylation is 3. The predicted octanol–water partition coefficient (Wildman–Crippen LogP) is 13.5. The summed E-state index contributed by atoms with van der Waals surface area (Å²) in [5.74, 6) is 0. The van der Waals surface area contributed by atoms with Crippen LogP contribution in [-0.2, 0) is 30.9 Å². The highest BCUT2D eigenvalue weighted by atomic mass is 19.4. The molecule has 0 heterocycles. The molecule has 17 heteroatoms. The van der Waals surface area contributed by atoms with Gasteiger partial charge in [-0.2, -0.15) is 65.9 Å². The van der Waals surface area contributed by atoms with Crippen molar-refractivity contribution in [1.82, 2.24) is 0 Å². The molecule has 0 unspecified atom stereocenters. The van der Waals surface area contributed by atoms with Crippen molar-refractivity contribution in [3.63, 3.8) is 0 Å². The van der Waals surface area contributed by atoms with Gasteiger partial charge >= 0.3 is 30.9 Å². The maximum absolute atomic E-state index is 14.7. The van der Waals surface area contributed by atoms with Gasteiger partial charge in [-0.15, -0.1) is 0 Å². The molecule has 0 fully saturated rings. The lowest BCUT2D eigenvalue weighted by Crippen LogP contribution is -2.13. The van der Waals surface area contributed by atoms with Gasteiger partial charge in [-0.05, 0) is 143 Å². The van der Waals surface area contributed by atoms with Crippen LogP contribution in [0.2, 0.25) is 0 Å². The first-order valence-electron chi connectivity index (χ1n) is 15.6. The van der Waals surface area contributed by atoms with Crippen molar-refractivity contribution in [2.45, 2.75) is 51.7 Å². The van der Waals surface area contributed by atoms with Crippen LogP contribution in [0.5, 0.6) is 0 Å². The molecule has 0 aliphatic rings. The minimum absolute atomic E-state index is 0.177. The molecule has 4 N–H and O–H groups in total. The van der Waals surface area contributed by atoms with Gasteiger partial charge < -0.3 is 11.5 Å². The first-order chi connectivity index (χ1) is 25.0. The van der Waals surface area contributed by atoms with Crippen LogP contribution in [-0.4, -0.2) is 0 Å². The quantitative estimate of drug-likeness (QED) is 0.141. The van der Waals surface area contributed by atoms with Crippen molar-refractivity contribution >= 4 is 11.4 Å². The summed E-state index contributed by atoms with van der Waals surface area (Å²) >= 11 is 0. The average molecular weight is 795 g/mol. The number of anilines is 2. The van der Waals surface area contributed by atoms with E-state index in [4.69, 9.17) is 11.5 Å². The van der Waals surface area contributed by atoms with E-state index in [1.165, 1.54) is 0 Å². The van der Waals surface area contributed by atoms with Crippen LogP contribution in [0.1, 0.15) is 44.5 Å². The highest BCUT2D eigenvalue weighted by molar-refractivity contribution is 5.87. The first kappa shape index (κ1) is 40.8. The van der Waals surface area contributed by atoms with E-state index in [1.807, 2.05) is 0 Å². The lowest BCUT2D eigenvalue weighted by atomic mass is 9.84. The van der Waals surface area contributed by atoms with E-state index >= 15 is 0 Å². The van der Waals surface area contributed by atoms with Crippen molar-refractivity contribution in [2.75, 3.05) is 11.5 Å². The highest BCUT2D eigenvalue weighted by Gasteiger charge is 2.40. The summed E-state index contributed by atoms with van der Waals surface area (Å²) in [5.41, 5.74) is -4.07. The van der Waals surface area contributed by atoms with Crippen LogP contribution < -0.4 is 11.5 Å². The van der Waals surface area contributed by atoms with Gasteiger partial charge in [0.25, 0.3) is 0 Å². The van der Waals surface area contributed by atoms with Crippen molar-refractivity contribution in [3.05, 3.63) is 117 Å². The Balaban J connectivity index is 1.88. The Bertz CT molecular complexity index is 2310. The fourth-order valence-electron chi connectivity index (χ4n) is 6.34. The topological polar surface area (TPSA) is 52.0 Å². The molecule has 2 nitrogen and oxygen atoms in total. The second-order valence-corrected chi connectivity index (χ2v) is 12.7. The Morgan fingerprint density at radius 2 is 0.582 bits per heavy atom. The number of rotatable bonds is 4. The fraction of sp³-hybridized carbons (Fsp3) is 0.211. The summed E-state index contributed by atoms with van der Waals surface area (Å²) in [6, 6.07) is 7.80. The van der Waals surface area contributed by atoms with Gasteiger partial charge in [0.1, 0.15) is 0 Å². The molecule has 5 aromatic carbocycles. The third kappa shape index (κ3) is 8.05. The normalized spacial score (nSPS) is 13.1. The van der Waals surface area contributed by atoms with Crippen molar-refractivity contribution in [3.8, 4) is 44.5 Å². The molecule has 292 valence electrons. The monoisotopic (exact) mass is 794 g/mol. The van der Waals surface area contributed by atoms with Gasteiger partial charge in [-0.3, -0.25) is 0 Å². The molecule has 0 amide bonds. The molecular weight excluding hydrogens is 769 g/mol. The van der Waals surface area contributed by atoms with E-state index < -0.39 is 115 Å². The zero-order valence-electron chi connectivity index (χ0n) is 28.3. The van der Waals surface area contributed by atoms with Gasteiger partial charge in [0, 0.05) is 11.4 Å². The number of hydrogen-bond donors (Lipinski definition) is 2. The van der Waals surface area contributed by atoms with Crippen LogP contribution in [0.25, 0.3) is 44.5 Å². The predicted molar refractivity (Wildman–Crippen MR) is 176 cm³/mol. The van der Waals surface area contributed by atoms with E-state index in [-0.39, 0.29) is 22.8 Å². The Hall–Kier alpha value is -5.35. The molecule has 0 saturated carbocycles. The molecule has 0 atom stereocenters. The number of nitrogens with two attached hydrogens (primary N) is 2. The van der Waals surface area contributed by atoms with Crippen LogP contribution in [0.4, 0.5) is 77.2 Å². The second-order valence-electron chi connectivity index (χ2n) is 12.7. The molecule has 5 aromatic rings. The molecule has 5 rings (SSSR count). The van der Waals surface area contributed by atoms with Gasteiger partial charge in [-0.1, -0.05) is 12.1 Å². The molecule has 0 aromatic heterocycles. The molecule has 0 spiro atoms. The van der Waals surface area contributed by atoms with E-state index in [1.54, 1.807) is 0 Å². The second kappa shape index (κ2) is 13.4. The Labute approximate surface area is 302 Å². The largest absolute Gasteiger partial charge is 0.418 e. The molecular formula is C38H25F15N2. The van der Waals surface area contributed by atoms with Crippen LogP contribution >= 0.6 is 0 Å². The molecule has 0 bridgehead atoms. The van der Waals surface area contributed by atoms with Crippen LogP contribution in [0.3, 0.4) is 0 Å². The average Bonchev–Trinajstić information content (AvgIpc) is 3.03. The minimum atomic E-state index is -5.28. The maximum atomic E-state index is 14.7. The number of benzene rings is 5. The van der Waals surface area contributed by atoms with Crippen LogP contribution in [0.15, 0.2) is 72.8 Å². The summed E-state index contributed by atoms with van der Waals surface area (Å²) in [6.45, 7) is 3.16. The fourth-order valence-corrected chi connectivity index (χ4v) is 6.34. The number of halogens is 15. The number of nitrogen functional groups attached to an aromatic ring is 2. The summed E-state index contributed by atoms with van der Waals surface area (Å²) < 4.78 is 213. The van der Waals surface area contributed by atoms with Crippen LogP contribution in [0, 0.1) is 20.8 Å². The Morgan fingerprint density at radius 1 is 0.309 bits per heavy atom. The minimum Gasteiger partial charge on any atom is -0.398 e. The third-order valence-electron chi connectivity index (χ3n) is 8.93. The molecule has 55 heavy (non-hydrogen) atoms. The van der Waals surface area contributed by atoms with E-state index in [2.05, 4.69) is 0 Å². The smallest absolute Gasteiger partial charge is 0.398 e. The highest BCUT2D eigenvalue weighted by Crippen LogP contribution is 2.49. The zero-order chi connectivity index (χ0) is 41.4. The van der Waals surface area contributed by atoms with Gasteiger partial charge in [0.05, 0.1) is 27.8 Å². The van der Waals surface area contributed by atoms with Crippen molar-refractivity contribution in [2.24, 2.45) is 0 Å². The Kier molecular flexibility index (Phi) is 9.98. The molecule has 0 aliphatic carbocycles. The van der Waals surface area contributed by atoms with Gasteiger partial charge in [0.15, 0.2) is 0 Å². The lowest BCUT2D eigenvalue weighted by molar-refractivity contribution is -0.138. The van der Waals surface area contributed by atoms with Crippen molar-refractivity contribution < 1.29 is 65.9 Å². The number of alkyl halides is 15. The summed E-state index contributed by atoms with van der Waals surface area (Å²) in [6.07, 6.45) is -25.8. The Morgan fingerprint density at radius 3 is 0.927 bits per heavy atom.